The molecule has 0 spiro atoms. The highest BCUT2D eigenvalue weighted by atomic mass is 32.2. The number of nitrogens with zero attached hydrogens (tertiary/aromatic N) is 3. The van der Waals surface area contributed by atoms with E-state index in [1.54, 1.807) is 24.3 Å². The Kier molecular flexibility index (Phi) is 8.80. The quantitative estimate of drug-likeness (QED) is 0.174. The Labute approximate surface area is 248 Å². The van der Waals surface area contributed by atoms with Crippen LogP contribution in [0.3, 0.4) is 0 Å². The average Bonchev–Trinajstić information content (AvgIpc) is 3.40. The molecule has 6 rings (SSSR count). The number of piperazine rings is 3. The molecular formula is C27H35FN5O6PS2+2. The summed E-state index contributed by atoms with van der Waals surface area (Å²) in [5.74, 6) is -2.43. The number of nitrogens with two attached hydrogens (primary N) is 1. The summed E-state index contributed by atoms with van der Waals surface area (Å²) >= 11 is 0.941. The monoisotopic (exact) mass is 639 g/mol. The first kappa shape index (κ1) is 31.0. The average molecular weight is 640 g/mol. The Morgan fingerprint density at radius 1 is 1.07 bits per heavy atom. The lowest BCUT2D eigenvalue weighted by atomic mass is 10.1. The second kappa shape index (κ2) is 11.9. The van der Waals surface area contributed by atoms with Crippen LogP contribution in [-0.4, -0.2) is 92.7 Å². The number of rotatable bonds is 12. The number of benzene rings is 2. The van der Waals surface area contributed by atoms with Gasteiger partial charge in [-0.1, -0.05) is 6.07 Å². The van der Waals surface area contributed by atoms with Gasteiger partial charge < -0.3 is 29.2 Å². The van der Waals surface area contributed by atoms with E-state index in [1.807, 2.05) is 4.72 Å². The predicted molar refractivity (Wildman–Crippen MR) is 157 cm³/mol. The summed E-state index contributed by atoms with van der Waals surface area (Å²) in [7, 11) is -9.51. The Hall–Kier alpha value is -2.44. The molecule has 3 saturated heterocycles. The van der Waals surface area contributed by atoms with E-state index in [-0.39, 0.29) is 15.3 Å². The fourth-order valence-electron chi connectivity index (χ4n) is 5.95. The van der Waals surface area contributed by atoms with Gasteiger partial charge in [0.15, 0.2) is 0 Å². The van der Waals surface area contributed by atoms with Crippen LogP contribution in [0.2, 0.25) is 0 Å². The van der Waals surface area contributed by atoms with Crippen molar-refractivity contribution in [2.75, 3.05) is 65.5 Å². The first-order valence-electron chi connectivity index (χ1n) is 13.7. The summed E-state index contributed by atoms with van der Waals surface area (Å²) < 4.78 is 63.6. The molecule has 2 aromatic carbocycles. The minimum atomic E-state index is -5.10. The van der Waals surface area contributed by atoms with Crippen LogP contribution in [0, 0.1) is 17.1 Å². The van der Waals surface area contributed by atoms with Crippen LogP contribution in [0.5, 0.6) is 5.75 Å². The van der Waals surface area contributed by atoms with E-state index in [0.29, 0.717) is 22.4 Å². The minimum Gasteiger partial charge on any atom is -0.488 e. The number of quaternary nitrogens is 2. The van der Waals surface area contributed by atoms with E-state index in [1.165, 1.54) is 30.2 Å². The standard InChI is InChI=1S/C27H33FN5O6PS2/c28-24-17-20(2-3-21(24)19-30)27(40(34,35)36)31-42(37,38)26-18-22-16-23(4-5-25(22)41-26)39-15-14-33-11-8-32(9-12-33,10-13-33)7-1-6-29/h2-5,16-18,27,31H,1,6-15,29H2/p+2. The van der Waals surface area contributed by atoms with Crippen molar-refractivity contribution in [2.24, 2.45) is 5.73 Å². The van der Waals surface area contributed by atoms with Gasteiger partial charge in [0.05, 0.1) is 12.1 Å². The Morgan fingerprint density at radius 2 is 1.74 bits per heavy atom. The molecule has 3 aliphatic heterocycles. The SMILES string of the molecule is N#Cc1ccc(C(NS(=O)(=O)c2cc3cc(OCC[N+]45CC[N+](CCCN)(CC4)CC5)ccc3s2)P(=O)(O)O)cc1F. The van der Waals surface area contributed by atoms with Gasteiger partial charge in [-0.3, -0.25) is 4.57 Å². The molecular weight excluding hydrogens is 604 g/mol. The van der Waals surface area contributed by atoms with Crippen LogP contribution in [0.1, 0.15) is 23.3 Å². The third kappa shape index (κ3) is 6.55. The molecule has 5 N–H and O–H groups in total. The summed E-state index contributed by atoms with van der Waals surface area (Å²) in [4.78, 5) is 19.7. The van der Waals surface area contributed by atoms with Crippen molar-refractivity contribution in [2.45, 2.75) is 16.4 Å². The molecule has 3 fully saturated rings. The van der Waals surface area contributed by atoms with Crippen molar-refractivity contribution in [1.82, 2.24) is 4.72 Å². The van der Waals surface area contributed by atoms with Crippen molar-refractivity contribution >= 4 is 39.0 Å². The lowest BCUT2D eigenvalue weighted by Crippen LogP contribution is -2.75. The van der Waals surface area contributed by atoms with E-state index < -0.39 is 29.2 Å². The first-order chi connectivity index (χ1) is 19.9. The molecule has 3 aromatic rings. The summed E-state index contributed by atoms with van der Waals surface area (Å²) in [6, 6.07) is 11.2. The first-order valence-corrected chi connectivity index (χ1v) is 17.7. The number of nitrogens with one attached hydrogen (secondary N) is 1. The molecule has 0 radical (unpaired) electrons. The minimum absolute atomic E-state index is 0.154. The molecule has 2 bridgehead atoms. The summed E-state index contributed by atoms with van der Waals surface area (Å²) in [5.41, 5.74) is 5.11. The molecule has 42 heavy (non-hydrogen) atoms. The number of fused-ring (bicyclic) bond motifs is 4. The predicted octanol–water partition coefficient (Wildman–Crippen LogP) is 2.46. The number of hydrogen-bond donors (Lipinski definition) is 4. The summed E-state index contributed by atoms with van der Waals surface area (Å²) in [5, 5.41) is 9.54. The normalized spacial score (nSPS) is 23.1. The number of nitriles is 1. The highest BCUT2D eigenvalue weighted by Crippen LogP contribution is 2.51. The zero-order valence-electron chi connectivity index (χ0n) is 23.0. The van der Waals surface area contributed by atoms with E-state index in [0.717, 1.165) is 79.7 Å². The van der Waals surface area contributed by atoms with Crippen molar-refractivity contribution in [3.63, 3.8) is 0 Å². The highest BCUT2D eigenvalue weighted by Gasteiger charge is 2.48. The molecule has 0 aliphatic carbocycles. The van der Waals surface area contributed by atoms with Crippen LogP contribution in [0.15, 0.2) is 46.7 Å². The van der Waals surface area contributed by atoms with Crippen molar-refractivity contribution in [1.29, 1.82) is 5.26 Å². The van der Waals surface area contributed by atoms with Gasteiger partial charge >= 0.3 is 7.60 Å². The van der Waals surface area contributed by atoms with E-state index in [4.69, 9.17) is 15.7 Å². The van der Waals surface area contributed by atoms with Crippen molar-refractivity contribution in [3.05, 3.63) is 59.4 Å². The van der Waals surface area contributed by atoms with E-state index in [9.17, 15) is 27.2 Å². The molecule has 15 heteroatoms. The highest BCUT2D eigenvalue weighted by molar-refractivity contribution is 7.92. The maximum Gasteiger partial charge on any atom is 0.347 e. The maximum absolute atomic E-state index is 14.2. The molecule has 11 nitrogen and oxygen atoms in total. The number of hydrogen-bond acceptors (Lipinski definition) is 7. The Morgan fingerprint density at radius 3 is 2.33 bits per heavy atom. The number of ether oxygens (including phenoxy) is 1. The number of halogens is 1. The third-order valence-corrected chi connectivity index (χ3v) is 12.9. The molecule has 1 unspecified atom stereocenters. The van der Waals surface area contributed by atoms with Gasteiger partial charge in [0.2, 0.25) is 0 Å². The van der Waals surface area contributed by atoms with Crippen LogP contribution < -0.4 is 15.2 Å². The molecule has 4 heterocycles. The molecule has 0 amide bonds. The molecule has 1 atom stereocenters. The van der Waals surface area contributed by atoms with Gasteiger partial charge in [-0.15, -0.1) is 11.3 Å². The lowest BCUT2D eigenvalue weighted by molar-refractivity contribution is -1.08. The topological polar surface area (TPSA) is 163 Å². The third-order valence-electron chi connectivity index (χ3n) is 8.58. The zero-order chi connectivity index (χ0) is 30.2. The fraction of sp³-hybridized carbons (Fsp3) is 0.444. The fourth-order valence-corrected chi connectivity index (χ4v) is 9.92. The molecule has 3 aliphatic rings. The van der Waals surface area contributed by atoms with Crippen LogP contribution >= 0.6 is 18.9 Å². The van der Waals surface area contributed by atoms with Gasteiger partial charge in [-0.25, -0.2) is 12.8 Å². The molecule has 0 saturated carbocycles. The number of sulfonamides is 1. The van der Waals surface area contributed by atoms with Gasteiger partial charge in [-0.2, -0.15) is 9.98 Å². The van der Waals surface area contributed by atoms with Gasteiger partial charge in [0, 0.05) is 11.1 Å². The maximum atomic E-state index is 14.2. The lowest BCUT2D eigenvalue weighted by Gasteiger charge is -2.55. The second-order valence-electron chi connectivity index (χ2n) is 11.2. The van der Waals surface area contributed by atoms with Crippen LogP contribution in [-0.2, 0) is 14.6 Å². The van der Waals surface area contributed by atoms with Gasteiger partial charge in [-0.05, 0) is 53.9 Å². The van der Waals surface area contributed by atoms with Crippen molar-refractivity contribution < 1.29 is 40.9 Å². The zero-order valence-corrected chi connectivity index (χ0v) is 25.5. The number of thiophene rings is 1. The van der Waals surface area contributed by atoms with Crippen LogP contribution in [0.25, 0.3) is 10.1 Å². The van der Waals surface area contributed by atoms with Gasteiger partial charge in [0.1, 0.15) is 80.0 Å². The Balaban J connectivity index is 1.26. The van der Waals surface area contributed by atoms with E-state index >= 15 is 0 Å². The molecule has 1 aromatic heterocycles. The van der Waals surface area contributed by atoms with E-state index in [2.05, 4.69) is 0 Å². The summed E-state index contributed by atoms with van der Waals surface area (Å²) in [6.07, 6.45) is 1.06. The second-order valence-corrected chi connectivity index (χ2v) is 15.9. The Bertz CT molecular complexity index is 1650. The van der Waals surface area contributed by atoms with Crippen LogP contribution in [0.4, 0.5) is 4.39 Å². The van der Waals surface area contributed by atoms with Gasteiger partial charge in [0.25, 0.3) is 10.0 Å². The smallest absolute Gasteiger partial charge is 0.347 e. The summed E-state index contributed by atoms with van der Waals surface area (Å²) in [6.45, 7) is 10.3. The van der Waals surface area contributed by atoms with Crippen molar-refractivity contribution in [3.8, 4) is 11.8 Å². The largest absolute Gasteiger partial charge is 0.488 e. The molecule has 226 valence electrons.